The third-order valence-corrected chi connectivity index (χ3v) is 14.0. The summed E-state index contributed by atoms with van der Waals surface area (Å²) in [5.41, 5.74) is 2.76. The summed E-state index contributed by atoms with van der Waals surface area (Å²) in [7, 11) is 0. The normalized spacial score (nSPS) is 12.5. The molecule has 0 fully saturated rings. The first kappa shape index (κ1) is 31.6. The van der Waals surface area contributed by atoms with Crippen molar-refractivity contribution >= 4 is 86.6 Å². The van der Waals surface area contributed by atoms with E-state index in [-0.39, 0.29) is 0 Å². The van der Waals surface area contributed by atoms with Crippen LogP contribution in [0.25, 0.3) is 19.8 Å². The highest BCUT2D eigenvalue weighted by atomic mass is 79.9. The topological polar surface area (TPSA) is 20.2 Å². The Kier molecular flexibility index (Phi) is 12.2. The summed E-state index contributed by atoms with van der Waals surface area (Å²) in [6, 6.07) is 18.0. The second kappa shape index (κ2) is 15.8. The largest absolute Gasteiger partial charge is 0.382 e. The van der Waals surface area contributed by atoms with Gasteiger partial charge in [0.05, 0.1) is 4.88 Å². The number of benzene rings is 1. The fraction of sp³-hybridized carbons (Fsp3) is 0.412. The van der Waals surface area contributed by atoms with Crippen LogP contribution >= 0.6 is 77.2 Å². The summed E-state index contributed by atoms with van der Waals surface area (Å²) in [4.78, 5) is 6.04. The first-order chi connectivity index (χ1) is 20.0. The molecule has 1 N–H and O–H groups in total. The monoisotopic (exact) mass is 748 g/mol. The summed E-state index contributed by atoms with van der Waals surface area (Å²) in [5, 5.41) is 12.9. The van der Waals surface area contributed by atoms with Crippen LogP contribution in [0.4, 0.5) is 0 Å². The molecule has 0 saturated carbocycles. The van der Waals surface area contributed by atoms with E-state index in [0.717, 1.165) is 20.6 Å². The quantitative estimate of drug-likeness (QED) is 0.0996. The van der Waals surface area contributed by atoms with E-state index in [1.54, 1.807) is 22.7 Å². The van der Waals surface area contributed by atoms with Gasteiger partial charge in [0.1, 0.15) is 6.10 Å². The van der Waals surface area contributed by atoms with E-state index in [9.17, 15) is 5.11 Å². The number of hydrogen-bond donors (Lipinski definition) is 1. The highest BCUT2D eigenvalue weighted by molar-refractivity contribution is 9.10. The maximum atomic E-state index is 10.9. The molecule has 5 aromatic rings. The van der Waals surface area contributed by atoms with Crippen LogP contribution in [0, 0.1) is 0 Å². The molecule has 0 spiro atoms. The van der Waals surface area contributed by atoms with Gasteiger partial charge < -0.3 is 5.11 Å². The van der Waals surface area contributed by atoms with E-state index in [4.69, 9.17) is 0 Å². The number of rotatable bonds is 16. The highest BCUT2D eigenvalue weighted by Crippen LogP contribution is 2.42. The van der Waals surface area contributed by atoms with Gasteiger partial charge in [-0.2, -0.15) is 0 Å². The maximum Gasteiger partial charge on any atom is 0.123 e. The molecule has 1 atom stereocenters. The molecular formula is C34H38Br2OS4. The third-order valence-electron chi connectivity index (χ3n) is 7.59. The fourth-order valence-electron chi connectivity index (χ4n) is 5.24. The smallest absolute Gasteiger partial charge is 0.123 e. The Bertz CT molecular complexity index is 1480. The van der Waals surface area contributed by atoms with Gasteiger partial charge in [-0.15, -0.1) is 45.3 Å². The van der Waals surface area contributed by atoms with Gasteiger partial charge in [-0.1, -0.05) is 89.0 Å². The minimum atomic E-state index is -0.562. The number of hydrogen-bond acceptors (Lipinski definition) is 5. The fourth-order valence-corrected chi connectivity index (χ4v) is 11.3. The molecule has 7 heteroatoms. The molecule has 1 nitrogen and oxygen atoms in total. The Morgan fingerprint density at radius 3 is 2.07 bits per heavy atom. The first-order valence-corrected chi connectivity index (χ1v) is 19.7. The van der Waals surface area contributed by atoms with Crippen molar-refractivity contribution in [2.24, 2.45) is 0 Å². The van der Waals surface area contributed by atoms with Crippen LogP contribution in [0.15, 0.2) is 62.9 Å². The van der Waals surface area contributed by atoms with Crippen molar-refractivity contribution in [2.75, 3.05) is 0 Å². The van der Waals surface area contributed by atoms with E-state index in [1.165, 1.54) is 110 Å². The summed E-state index contributed by atoms with van der Waals surface area (Å²) in [6.45, 7) is 2.29. The Balaban J connectivity index is 1.11. The number of unbranched alkanes of at least 4 members (excludes halogenated alkanes) is 9. The number of fused-ring (bicyclic) bond motifs is 1. The van der Waals surface area contributed by atoms with E-state index in [0.29, 0.717) is 0 Å². The zero-order chi connectivity index (χ0) is 28.6. The van der Waals surface area contributed by atoms with Crippen molar-refractivity contribution in [2.45, 2.75) is 90.1 Å². The van der Waals surface area contributed by atoms with Crippen molar-refractivity contribution in [3.63, 3.8) is 0 Å². The van der Waals surface area contributed by atoms with Gasteiger partial charge in [0.25, 0.3) is 0 Å². The summed E-state index contributed by atoms with van der Waals surface area (Å²) in [6.07, 6.45) is 15.4. The van der Waals surface area contributed by atoms with Crippen molar-refractivity contribution in [3.05, 3.63) is 87.9 Å². The molecule has 5 rings (SSSR count). The Labute approximate surface area is 277 Å². The van der Waals surface area contributed by atoms with Crippen LogP contribution in [0.3, 0.4) is 0 Å². The van der Waals surface area contributed by atoms with Crippen LogP contribution in [0.5, 0.6) is 0 Å². The van der Waals surface area contributed by atoms with E-state index < -0.39 is 6.10 Å². The number of halogens is 2. The lowest BCUT2D eigenvalue weighted by Gasteiger charge is -2.06. The predicted octanol–water partition coefficient (Wildman–Crippen LogP) is 13.4. The Morgan fingerprint density at radius 1 is 0.732 bits per heavy atom. The standard InChI is InChI=1S/C34H38Br2OS4/c1-2-3-4-5-6-7-8-9-10-11-12-23-13-15-24(16-14-23)28-21-27(36)29(40-28)19-25-20-30-31(39-25)22-32(41-30)33(37)34-26(35)17-18-38-34/h13-18,20-22,33,37H,2-12,19H2,1H3. The Hall–Kier alpha value is -0.800. The van der Waals surface area contributed by atoms with Gasteiger partial charge in [0.15, 0.2) is 0 Å². The molecule has 0 radical (unpaired) electrons. The predicted molar refractivity (Wildman–Crippen MR) is 192 cm³/mol. The van der Waals surface area contributed by atoms with Crippen molar-refractivity contribution in [1.29, 1.82) is 0 Å². The molecule has 4 aromatic heterocycles. The molecule has 218 valence electrons. The molecule has 0 aliphatic heterocycles. The minimum absolute atomic E-state index is 0.562. The molecule has 0 aliphatic rings. The minimum Gasteiger partial charge on any atom is -0.382 e. The van der Waals surface area contributed by atoms with Crippen LogP contribution in [0.2, 0.25) is 0 Å². The van der Waals surface area contributed by atoms with Crippen LogP contribution in [0.1, 0.15) is 102 Å². The van der Waals surface area contributed by atoms with E-state index >= 15 is 0 Å². The van der Waals surface area contributed by atoms with Crippen LogP contribution in [-0.2, 0) is 12.8 Å². The highest BCUT2D eigenvalue weighted by Gasteiger charge is 2.19. The van der Waals surface area contributed by atoms with Crippen molar-refractivity contribution < 1.29 is 5.11 Å². The average molecular weight is 751 g/mol. The molecule has 0 bridgehead atoms. The lowest BCUT2D eigenvalue weighted by Crippen LogP contribution is -1.93. The average Bonchev–Trinajstić information content (AvgIpc) is 3.74. The van der Waals surface area contributed by atoms with Crippen LogP contribution in [-0.4, -0.2) is 5.11 Å². The van der Waals surface area contributed by atoms with Gasteiger partial charge in [-0.05, 0) is 85.5 Å². The van der Waals surface area contributed by atoms with Gasteiger partial charge in [0.2, 0.25) is 0 Å². The second-order valence-electron chi connectivity index (χ2n) is 10.8. The number of aliphatic hydroxyl groups is 1. The van der Waals surface area contributed by atoms with Crippen molar-refractivity contribution in [1.82, 2.24) is 0 Å². The zero-order valence-electron chi connectivity index (χ0n) is 23.6. The molecule has 1 aromatic carbocycles. The van der Waals surface area contributed by atoms with Crippen LogP contribution < -0.4 is 0 Å². The zero-order valence-corrected chi connectivity index (χ0v) is 30.0. The molecule has 0 amide bonds. The molecule has 1 unspecified atom stereocenters. The van der Waals surface area contributed by atoms with Gasteiger partial charge in [-0.3, -0.25) is 0 Å². The SMILES string of the molecule is CCCCCCCCCCCCc1ccc(-c2cc(Br)c(Cc3cc4sc(C(O)c5sccc5Br)cc4s3)s2)cc1. The molecule has 0 aliphatic carbocycles. The Morgan fingerprint density at radius 2 is 1.41 bits per heavy atom. The number of thiophene rings is 4. The lowest BCUT2D eigenvalue weighted by atomic mass is 10.0. The molecule has 41 heavy (non-hydrogen) atoms. The number of aliphatic hydroxyl groups excluding tert-OH is 1. The van der Waals surface area contributed by atoms with E-state index in [1.807, 2.05) is 34.1 Å². The lowest BCUT2D eigenvalue weighted by molar-refractivity contribution is 0.227. The number of aryl methyl sites for hydroxylation is 1. The summed E-state index contributed by atoms with van der Waals surface area (Å²) < 4.78 is 4.70. The van der Waals surface area contributed by atoms with Crippen molar-refractivity contribution in [3.8, 4) is 10.4 Å². The summed E-state index contributed by atoms with van der Waals surface area (Å²) >= 11 is 14.4. The molecule has 4 heterocycles. The molecular weight excluding hydrogens is 712 g/mol. The first-order valence-electron chi connectivity index (χ1n) is 14.8. The third kappa shape index (κ3) is 8.65. The van der Waals surface area contributed by atoms with Gasteiger partial charge >= 0.3 is 0 Å². The summed E-state index contributed by atoms with van der Waals surface area (Å²) in [5.74, 6) is 0. The van der Waals surface area contributed by atoms with E-state index in [2.05, 4.69) is 81.2 Å². The second-order valence-corrected chi connectivity index (χ2v) is 16.9. The van der Waals surface area contributed by atoms with Gasteiger partial charge in [-0.25, -0.2) is 0 Å². The molecule has 0 saturated heterocycles. The van der Waals surface area contributed by atoms with Gasteiger partial charge in [0, 0.05) is 44.3 Å². The maximum absolute atomic E-state index is 10.9.